The van der Waals surface area contributed by atoms with Gasteiger partial charge in [-0.15, -0.1) is 0 Å². The van der Waals surface area contributed by atoms with Crippen LogP contribution in [-0.2, 0) is 23.7 Å². The minimum Gasteiger partial charge on any atom is -0.322 e. The zero-order valence-corrected chi connectivity index (χ0v) is 14.8. The van der Waals surface area contributed by atoms with Crippen molar-refractivity contribution < 1.29 is 13.0 Å². The Balaban J connectivity index is 2.07. The maximum Gasteiger partial charge on any atom is 0.329 e. The summed E-state index contributed by atoms with van der Waals surface area (Å²) in [5.41, 5.74) is -0.257. The van der Waals surface area contributed by atoms with Gasteiger partial charge in [0.15, 0.2) is 11.2 Å². The lowest BCUT2D eigenvalue weighted by Crippen LogP contribution is -2.29. The molecule has 0 saturated heterocycles. The molecule has 24 heavy (non-hydrogen) atoms. The van der Waals surface area contributed by atoms with Crippen LogP contribution in [0.2, 0.25) is 0 Å². The van der Waals surface area contributed by atoms with Crippen LogP contribution in [0.3, 0.4) is 0 Å². The molecule has 2 aromatic rings. The van der Waals surface area contributed by atoms with Crippen molar-refractivity contribution in [3.63, 3.8) is 0 Å². The molecule has 0 aliphatic rings. The fraction of sp³-hybridized carbons (Fsp3) is 0.643. The minimum absolute atomic E-state index is 0.348. The standard InChI is InChI=1S/C14H22N4O5S/c1-9(24(21,22)23)7-5-4-6-8-18-10(2)15-12-11(18)13(19)16-14(20)17(12)3/h9H,4-8H2,1-3H3,(H,16,19,20)(H,21,22,23). The molecule has 0 aliphatic heterocycles. The van der Waals surface area contributed by atoms with Crippen molar-refractivity contribution in [1.82, 2.24) is 19.1 Å². The predicted octanol–water partition coefficient (Wildman–Crippen LogP) is 0.568. The Labute approximate surface area is 139 Å². The first kappa shape index (κ1) is 18.4. The summed E-state index contributed by atoms with van der Waals surface area (Å²) in [6.07, 6.45) is 2.52. The van der Waals surface area contributed by atoms with E-state index in [2.05, 4.69) is 9.97 Å². The van der Waals surface area contributed by atoms with Crippen molar-refractivity contribution in [2.45, 2.75) is 51.3 Å². The first-order chi connectivity index (χ1) is 11.1. The molecule has 1 unspecified atom stereocenters. The summed E-state index contributed by atoms with van der Waals surface area (Å²) in [7, 11) is -2.43. The van der Waals surface area contributed by atoms with E-state index in [1.807, 2.05) is 0 Å². The molecule has 0 amide bonds. The summed E-state index contributed by atoms with van der Waals surface area (Å²) >= 11 is 0. The van der Waals surface area contributed by atoms with E-state index in [1.165, 1.54) is 11.5 Å². The number of nitrogens with one attached hydrogen (secondary N) is 1. The SMILES string of the molecule is Cc1nc2c(c(=O)[nH]c(=O)n2C)n1CCCCCC(C)S(=O)(=O)O. The molecule has 0 aromatic carbocycles. The second-order valence-corrected chi connectivity index (χ2v) is 7.81. The number of aromatic amines is 1. The third-order valence-electron chi connectivity index (χ3n) is 4.20. The monoisotopic (exact) mass is 358 g/mol. The highest BCUT2D eigenvalue weighted by Gasteiger charge is 2.17. The van der Waals surface area contributed by atoms with E-state index in [0.717, 1.165) is 12.8 Å². The summed E-state index contributed by atoms with van der Waals surface area (Å²) in [6, 6.07) is 0. The molecule has 9 nitrogen and oxygen atoms in total. The van der Waals surface area contributed by atoms with Crippen LogP contribution < -0.4 is 11.2 Å². The van der Waals surface area contributed by atoms with Gasteiger partial charge in [0.2, 0.25) is 0 Å². The lowest BCUT2D eigenvalue weighted by Gasteiger charge is -2.09. The van der Waals surface area contributed by atoms with Crippen LogP contribution in [0.25, 0.3) is 11.2 Å². The Hall–Kier alpha value is -1.94. The maximum absolute atomic E-state index is 12.1. The van der Waals surface area contributed by atoms with Crippen molar-refractivity contribution in [2.24, 2.45) is 7.05 Å². The molecule has 1 atom stereocenters. The summed E-state index contributed by atoms with van der Waals surface area (Å²) in [4.78, 5) is 30.2. The summed E-state index contributed by atoms with van der Waals surface area (Å²) in [6.45, 7) is 3.79. The highest BCUT2D eigenvalue weighted by atomic mass is 32.2. The zero-order chi connectivity index (χ0) is 18.1. The molecule has 2 heterocycles. The van der Waals surface area contributed by atoms with Gasteiger partial charge < -0.3 is 4.57 Å². The second kappa shape index (κ2) is 6.89. The van der Waals surface area contributed by atoms with Crippen LogP contribution in [0.1, 0.15) is 38.4 Å². The molecule has 10 heteroatoms. The van der Waals surface area contributed by atoms with E-state index < -0.39 is 26.6 Å². The van der Waals surface area contributed by atoms with E-state index in [9.17, 15) is 18.0 Å². The molecule has 0 spiro atoms. The first-order valence-corrected chi connectivity index (χ1v) is 9.25. The van der Waals surface area contributed by atoms with Crippen molar-refractivity contribution in [3.8, 4) is 0 Å². The molecule has 0 aliphatic carbocycles. The third kappa shape index (κ3) is 3.75. The van der Waals surface area contributed by atoms with Gasteiger partial charge in [-0.25, -0.2) is 9.78 Å². The van der Waals surface area contributed by atoms with Gasteiger partial charge in [-0.1, -0.05) is 12.8 Å². The molecule has 2 aromatic heterocycles. The van der Waals surface area contributed by atoms with E-state index in [1.54, 1.807) is 18.5 Å². The molecular weight excluding hydrogens is 336 g/mol. The Morgan fingerprint density at radius 3 is 2.54 bits per heavy atom. The number of unbranched alkanes of at least 4 members (excludes halogenated alkanes) is 2. The summed E-state index contributed by atoms with van der Waals surface area (Å²) in [5.74, 6) is 0.642. The molecule has 2 N–H and O–H groups in total. The Morgan fingerprint density at radius 2 is 1.92 bits per heavy atom. The Kier molecular flexibility index (Phi) is 5.29. The number of nitrogens with zero attached hydrogens (tertiary/aromatic N) is 3. The van der Waals surface area contributed by atoms with Gasteiger partial charge in [-0.05, 0) is 26.7 Å². The average Bonchev–Trinajstić information content (AvgIpc) is 2.81. The van der Waals surface area contributed by atoms with Crippen molar-refractivity contribution >= 4 is 21.3 Å². The minimum atomic E-state index is -3.98. The smallest absolute Gasteiger partial charge is 0.322 e. The quantitative estimate of drug-likeness (QED) is 0.550. The van der Waals surface area contributed by atoms with Crippen LogP contribution in [0.5, 0.6) is 0 Å². The molecular formula is C14H22N4O5S. The second-order valence-electron chi connectivity index (χ2n) is 5.98. The lowest BCUT2D eigenvalue weighted by atomic mass is 10.1. The van der Waals surface area contributed by atoms with Gasteiger partial charge in [0, 0.05) is 13.6 Å². The largest absolute Gasteiger partial charge is 0.329 e. The number of aryl methyl sites for hydroxylation is 3. The number of hydrogen-bond acceptors (Lipinski definition) is 5. The number of rotatable bonds is 7. The summed E-state index contributed by atoms with van der Waals surface area (Å²) in [5, 5.41) is -0.773. The molecule has 134 valence electrons. The van der Waals surface area contributed by atoms with Gasteiger partial charge >= 0.3 is 5.69 Å². The van der Waals surface area contributed by atoms with Gasteiger partial charge in [0.1, 0.15) is 5.82 Å². The van der Waals surface area contributed by atoms with Gasteiger partial charge in [0.25, 0.3) is 15.7 Å². The Bertz CT molecular complexity index is 954. The van der Waals surface area contributed by atoms with Gasteiger partial charge in [-0.2, -0.15) is 8.42 Å². The Morgan fingerprint density at radius 1 is 1.25 bits per heavy atom. The normalized spacial score (nSPS) is 13.5. The van der Waals surface area contributed by atoms with Crippen LogP contribution in [0, 0.1) is 6.92 Å². The average molecular weight is 358 g/mol. The van der Waals surface area contributed by atoms with Crippen LogP contribution in [0.15, 0.2) is 9.59 Å². The van der Waals surface area contributed by atoms with E-state index >= 15 is 0 Å². The summed E-state index contributed by atoms with van der Waals surface area (Å²) < 4.78 is 33.9. The number of imidazole rings is 1. The number of aromatic nitrogens is 4. The molecule has 0 radical (unpaired) electrons. The predicted molar refractivity (Wildman–Crippen MR) is 89.8 cm³/mol. The first-order valence-electron chi connectivity index (χ1n) is 7.75. The van der Waals surface area contributed by atoms with Crippen molar-refractivity contribution in [1.29, 1.82) is 0 Å². The van der Waals surface area contributed by atoms with Crippen molar-refractivity contribution in [3.05, 3.63) is 26.7 Å². The molecule has 2 rings (SSSR count). The lowest BCUT2D eigenvalue weighted by molar-refractivity contribution is 0.461. The van der Waals surface area contributed by atoms with Crippen LogP contribution in [-0.4, -0.2) is 37.3 Å². The number of fused-ring (bicyclic) bond motifs is 1. The van der Waals surface area contributed by atoms with E-state index in [4.69, 9.17) is 4.55 Å². The third-order valence-corrected chi connectivity index (χ3v) is 5.45. The van der Waals surface area contributed by atoms with Gasteiger partial charge in [0.05, 0.1) is 5.25 Å². The van der Waals surface area contributed by atoms with E-state index in [-0.39, 0.29) is 0 Å². The zero-order valence-electron chi connectivity index (χ0n) is 13.9. The molecule has 0 saturated carbocycles. The van der Waals surface area contributed by atoms with Crippen LogP contribution >= 0.6 is 0 Å². The highest BCUT2D eigenvalue weighted by Crippen LogP contribution is 2.14. The van der Waals surface area contributed by atoms with Crippen molar-refractivity contribution in [2.75, 3.05) is 0 Å². The fourth-order valence-corrected chi connectivity index (χ4v) is 3.11. The van der Waals surface area contributed by atoms with E-state index in [0.29, 0.717) is 36.4 Å². The molecule has 0 fully saturated rings. The van der Waals surface area contributed by atoms with Crippen LogP contribution in [0.4, 0.5) is 0 Å². The number of hydrogen-bond donors (Lipinski definition) is 2. The topological polar surface area (TPSA) is 127 Å². The van der Waals surface area contributed by atoms with Gasteiger partial charge in [-0.3, -0.25) is 18.9 Å². The fourth-order valence-electron chi connectivity index (χ4n) is 2.64. The number of H-pyrrole nitrogens is 1. The highest BCUT2D eigenvalue weighted by molar-refractivity contribution is 7.86. The maximum atomic E-state index is 12.1. The molecule has 0 bridgehead atoms.